The van der Waals surface area contributed by atoms with Crippen molar-refractivity contribution in [2.24, 2.45) is 4.99 Å². The number of benzene rings is 2. The second-order valence-corrected chi connectivity index (χ2v) is 11.2. The second-order valence-electron chi connectivity index (χ2n) is 9.34. The molecule has 0 saturated heterocycles. The van der Waals surface area contributed by atoms with Crippen molar-refractivity contribution in [1.82, 2.24) is 4.57 Å². The van der Waals surface area contributed by atoms with Crippen LogP contribution >= 0.6 is 27.3 Å². The minimum atomic E-state index is -1.02. The third-order valence-corrected chi connectivity index (χ3v) is 8.38. The Balaban J connectivity index is 1.64. The number of carbonyl (C=O) groups excluding carboxylic acids is 1. The van der Waals surface area contributed by atoms with Gasteiger partial charge in [-0.3, -0.25) is 9.36 Å². The van der Waals surface area contributed by atoms with Crippen molar-refractivity contribution in [2.75, 3.05) is 20.3 Å². The Morgan fingerprint density at radius 2 is 1.86 bits per heavy atom. The number of aromatic nitrogens is 1. The largest absolute Gasteiger partial charge is 0.493 e. The van der Waals surface area contributed by atoms with E-state index in [-0.39, 0.29) is 23.3 Å². The Morgan fingerprint density at radius 1 is 1.12 bits per heavy atom. The Kier molecular flexibility index (Phi) is 8.69. The average Bonchev–Trinajstić information content (AvgIpc) is 3.57. The zero-order valence-corrected chi connectivity index (χ0v) is 26.1. The third kappa shape index (κ3) is 5.80. The molecule has 0 unspecified atom stereocenters. The average molecular weight is 668 g/mol. The molecule has 0 spiro atoms. The molecule has 2 aromatic heterocycles. The van der Waals surface area contributed by atoms with Gasteiger partial charge in [0.2, 0.25) is 0 Å². The highest BCUT2D eigenvalue weighted by Gasteiger charge is 2.35. The summed E-state index contributed by atoms with van der Waals surface area (Å²) in [6.07, 6.45) is 1.62. The number of furan rings is 1. The molecule has 43 heavy (non-hydrogen) atoms. The standard InChI is InChI=1S/C31H27BrN2O8S/c1-5-40-24-15-21(32)20(14-23(24)39-4)27-26(30(38)41-6-2)16(3)33-31-34(27)28(35)25(43-31)13-19-11-12-22(42-19)17-7-9-18(10-8-17)29(36)37/h7-15,27H,5-6H2,1-4H3,(H,36,37)/b25-13+/t27-/m0/s1. The summed E-state index contributed by atoms with van der Waals surface area (Å²) in [7, 11) is 1.52. The van der Waals surface area contributed by atoms with Crippen LogP contribution in [0.2, 0.25) is 0 Å². The van der Waals surface area contributed by atoms with Crippen LogP contribution in [0.1, 0.15) is 48.5 Å². The van der Waals surface area contributed by atoms with Crippen LogP contribution in [0.3, 0.4) is 0 Å². The lowest BCUT2D eigenvalue weighted by molar-refractivity contribution is -0.139. The third-order valence-electron chi connectivity index (χ3n) is 6.71. The molecule has 0 amide bonds. The number of methoxy groups -OCH3 is 1. The lowest BCUT2D eigenvalue weighted by Crippen LogP contribution is -2.40. The number of nitrogens with zero attached hydrogens (tertiary/aromatic N) is 2. The van der Waals surface area contributed by atoms with Crippen molar-refractivity contribution >= 4 is 45.3 Å². The summed E-state index contributed by atoms with van der Waals surface area (Å²) in [4.78, 5) is 43.4. The summed E-state index contributed by atoms with van der Waals surface area (Å²) in [6.45, 7) is 5.87. The fourth-order valence-corrected chi connectivity index (χ4v) is 6.33. The van der Waals surface area contributed by atoms with E-state index in [0.717, 1.165) is 0 Å². The predicted molar refractivity (Wildman–Crippen MR) is 163 cm³/mol. The van der Waals surface area contributed by atoms with Crippen LogP contribution in [0.4, 0.5) is 0 Å². The van der Waals surface area contributed by atoms with Crippen LogP contribution < -0.4 is 24.4 Å². The molecule has 1 N–H and O–H groups in total. The molecular formula is C31H27BrN2O8S. The van der Waals surface area contributed by atoms with Crippen LogP contribution in [0.5, 0.6) is 11.5 Å². The van der Waals surface area contributed by atoms with Crippen LogP contribution in [0, 0.1) is 0 Å². The van der Waals surface area contributed by atoms with E-state index >= 15 is 0 Å². The summed E-state index contributed by atoms with van der Waals surface area (Å²) in [5.74, 6) is 0.297. The first-order valence-electron chi connectivity index (χ1n) is 13.3. The molecule has 0 aliphatic carbocycles. The van der Waals surface area contributed by atoms with Gasteiger partial charge in [-0.1, -0.05) is 39.4 Å². The molecule has 4 aromatic rings. The van der Waals surface area contributed by atoms with Crippen LogP contribution in [-0.2, 0) is 9.53 Å². The maximum Gasteiger partial charge on any atom is 0.338 e. The topological polar surface area (TPSA) is 130 Å². The minimum Gasteiger partial charge on any atom is -0.493 e. The first-order chi connectivity index (χ1) is 20.7. The Bertz CT molecular complexity index is 1940. The summed E-state index contributed by atoms with van der Waals surface area (Å²) in [6, 6.07) is 12.4. The number of ether oxygens (including phenoxy) is 3. The molecule has 10 nitrogen and oxygen atoms in total. The molecule has 1 aliphatic rings. The molecule has 0 radical (unpaired) electrons. The number of carboxylic acids is 1. The maximum atomic E-state index is 14.0. The monoisotopic (exact) mass is 666 g/mol. The second kappa shape index (κ2) is 12.4. The number of allylic oxidation sites excluding steroid dienone is 1. The Hall–Kier alpha value is -4.42. The van der Waals surface area contributed by atoms with Gasteiger partial charge in [0, 0.05) is 16.1 Å². The van der Waals surface area contributed by atoms with Crippen molar-refractivity contribution in [3.63, 3.8) is 0 Å². The zero-order chi connectivity index (χ0) is 30.8. The van der Waals surface area contributed by atoms with E-state index in [9.17, 15) is 14.4 Å². The number of carbonyl (C=O) groups is 2. The van der Waals surface area contributed by atoms with Gasteiger partial charge < -0.3 is 23.7 Å². The number of thiazole rings is 1. The van der Waals surface area contributed by atoms with Gasteiger partial charge >= 0.3 is 11.9 Å². The Labute approximate surface area is 258 Å². The molecule has 2 aromatic carbocycles. The van der Waals surface area contributed by atoms with Crippen molar-refractivity contribution < 1.29 is 33.3 Å². The number of fused-ring (bicyclic) bond motifs is 1. The first kappa shape index (κ1) is 30.1. The zero-order valence-electron chi connectivity index (χ0n) is 23.7. The Morgan fingerprint density at radius 3 is 2.51 bits per heavy atom. The van der Waals surface area contributed by atoms with Crippen LogP contribution in [0.15, 0.2) is 78.5 Å². The molecule has 0 bridgehead atoms. The van der Waals surface area contributed by atoms with Gasteiger partial charge in [-0.15, -0.1) is 0 Å². The van der Waals surface area contributed by atoms with Gasteiger partial charge in [-0.05, 0) is 62.7 Å². The summed E-state index contributed by atoms with van der Waals surface area (Å²) < 4.78 is 25.1. The SMILES string of the molecule is CCOC(=O)C1=C(C)N=c2s/c(=C/c3ccc(-c4ccc(C(=O)O)cc4)o3)c(=O)n2[C@H]1c1cc(OC)c(OCC)cc1Br. The van der Waals surface area contributed by atoms with E-state index in [2.05, 4.69) is 20.9 Å². The molecule has 1 atom stereocenters. The molecule has 1 aliphatic heterocycles. The number of hydrogen-bond donors (Lipinski definition) is 1. The van der Waals surface area contributed by atoms with Crippen molar-refractivity contribution in [1.29, 1.82) is 0 Å². The van der Waals surface area contributed by atoms with Gasteiger partial charge in [-0.2, -0.15) is 0 Å². The fourth-order valence-electron chi connectivity index (χ4n) is 4.77. The van der Waals surface area contributed by atoms with Crippen molar-refractivity contribution in [3.05, 3.63) is 101 Å². The van der Waals surface area contributed by atoms with E-state index in [1.807, 2.05) is 6.92 Å². The lowest BCUT2D eigenvalue weighted by Gasteiger charge is -2.26. The van der Waals surface area contributed by atoms with Gasteiger partial charge in [0.1, 0.15) is 11.5 Å². The lowest BCUT2D eigenvalue weighted by atomic mass is 9.95. The van der Waals surface area contributed by atoms with E-state index in [0.29, 0.717) is 60.3 Å². The van der Waals surface area contributed by atoms with Gasteiger partial charge in [0.15, 0.2) is 16.3 Å². The molecule has 3 heterocycles. The molecule has 0 fully saturated rings. The highest BCUT2D eigenvalue weighted by atomic mass is 79.9. The number of hydrogen-bond acceptors (Lipinski definition) is 9. The number of esters is 1. The summed E-state index contributed by atoms with van der Waals surface area (Å²) in [5.41, 5.74) is 1.75. The van der Waals surface area contributed by atoms with Gasteiger partial charge in [0.25, 0.3) is 5.56 Å². The summed E-state index contributed by atoms with van der Waals surface area (Å²) in [5, 5.41) is 9.16. The number of halogens is 1. The smallest absolute Gasteiger partial charge is 0.338 e. The number of carboxylic acid groups (broad SMARTS) is 1. The summed E-state index contributed by atoms with van der Waals surface area (Å²) >= 11 is 4.79. The van der Waals surface area contributed by atoms with Crippen LogP contribution in [0.25, 0.3) is 17.4 Å². The number of rotatable bonds is 9. The van der Waals surface area contributed by atoms with E-state index in [4.69, 9.17) is 23.7 Å². The fraction of sp³-hybridized carbons (Fsp3) is 0.226. The minimum absolute atomic E-state index is 0.153. The highest BCUT2D eigenvalue weighted by Crippen LogP contribution is 2.41. The van der Waals surface area contributed by atoms with E-state index < -0.39 is 18.0 Å². The maximum absolute atomic E-state index is 14.0. The van der Waals surface area contributed by atoms with E-state index in [1.165, 1.54) is 35.1 Å². The van der Waals surface area contributed by atoms with E-state index in [1.54, 1.807) is 56.3 Å². The van der Waals surface area contributed by atoms with Crippen molar-refractivity contribution in [3.8, 4) is 22.8 Å². The van der Waals surface area contributed by atoms with Gasteiger partial charge in [0.05, 0.1) is 47.7 Å². The molecular weight excluding hydrogens is 640 g/mol. The number of aromatic carboxylic acids is 1. The molecule has 0 saturated carbocycles. The molecule has 222 valence electrons. The quantitative estimate of drug-likeness (QED) is 0.249. The molecule has 12 heteroatoms. The first-order valence-corrected chi connectivity index (χ1v) is 14.9. The normalized spacial score (nSPS) is 14.7. The van der Waals surface area contributed by atoms with Gasteiger partial charge in [-0.25, -0.2) is 14.6 Å². The van der Waals surface area contributed by atoms with Crippen LogP contribution in [-0.4, -0.2) is 41.9 Å². The predicted octanol–water partition coefficient (Wildman–Crippen LogP) is 4.93. The molecule has 5 rings (SSSR count). The highest BCUT2D eigenvalue weighted by molar-refractivity contribution is 9.10. The van der Waals surface area contributed by atoms with Crippen molar-refractivity contribution in [2.45, 2.75) is 26.8 Å².